The first-order chi connectivity index (χ1) is 7.95. The number of anilines is 1. The topological polar surface area (TPSA) is 83.6 Å². The van der Waals surface area contributed by atoms with E-state index >= 15 is 0 Å². The third-order valence-corrected chi connectivity index (χ3v) is 4.62. The molecule has 1 aromatic carbocycles. The lowest BCUT2D eigenvalue weighted by molar-refractivity contribution is 0.117. The number of aliphatic hydroxyl groups excluding tert-OH is 1. The van der Waals surface area contributed by atoms with Crippen LogP contribution in [0.5, 0.6) is 0 Å². The minimum atomic E-state index is -3.66. The average Bonchev–Trinajstić information content (AvgIpc) is 2.20. The highest BCUT2D eigenvalue weighted by Crippen LogP contribution is 2.26. The molecule has 1 aliphatic heterocycles. The smallest absolute Gasteiger partial charge is 0.243 e. The van der Waals surface area contributed by atoms with E-state index in [4.69, 9.17) is 10.8 Å². The van der Waals surface area contributed by atoms with E-state index in [1.807, 2.05) is 0 Å². The van der Waals surface area contributed by atoms with E-state index in [-0.39, 0.29) is 36.2 Å². The van der Waals surface area contributed by atoms with E-state index < -0.39 is 15.8 Å². The third kappa shape index (κ3) is 2.13. The van der Waals surface area contributed by atoms with E-state index in [1.54, 1.807) is 0 Å². The molecule has 1 aliphatic rings. The van der Waals surface area contributed by atoms with E-state index in [0.717, 1.165) is 6.07 Å². The Bertz CT molecular complexity index is 526. The zero-order chi connectivity index (χ0) is 12.6. The lowest BCUT2D eigenvalue weighted by atomic mass is 10.1. The Hall–Kier alpha value is -1.18. The maximum Gasteiger partial charge on any atom is 0.243 e. The largest absolute Gasteiger partial charge is 0.396 e. The third-order valence-electron chi connectivity index (χ3n) is 2.79. The van der Waals surface area contributed by atoms with E-state index in [0.29, 0.717) is 0 Å². The number of hydrogen-bond acceptors (Lipinski definition) is 4. The van der Waals surface area contributed by atoms with Crippen molar-refractivity contribution in [1.29, 1.82) is 0 Å². The summed E-state index contributed by atoms with van der Waals surface area (Å²) in [6, 6.07) is 3.42. The maximum absolute atomic E-state index is 13.2. The monoisotopic (exact) mass is 260 g/mol. The zero-order valence-corrected chi connectivity index (χ0v) is 9.82. The summed E-state index contributed by atoms with van der Waals surface area (Å²) in [4.78, 5) is -0.111. The fraction of sp³-hybridized carbons (Fsp3) is 0.400. The number of nitrogens with zero attached hydrogens (tertiary/aromatic N) is 1. The molecule has 1 heterocycles. The van der Waals surface area contributed by atoms with Crippen LogP contribution in [0.3, 0.4) is 0 Å². The summed E-state index contributed by atoms with van der Waals surface area (Å²) in [5.74, 6) is -0.770. The standard InChI is InChI=1S/C10H13FN2O3S/c11-9-3-8(1-2-10(9)12)17(15,16)13-4-7(5-13)6-14/h1-3,7,14H,4-6,12H2. The van der Waals surface area contributed by atoms with Crippen LogP contribution in [0.1, 0.15) is 0 Å². The van der Waals surface area contributed by atoms with Crippen molar-refractivity contribution >= 4 is 15.7 Å². The fourth-order valence-electron chi connectivity index (χ4n) is 1.65. The molecule has 5 nitrogen and oxygen atoms in total. The fourth-order valence-corrected chi connectivity index (χ4v) is 3.26. The molecular weight excluding hydrogens is 247 g/mol. The molecule has 0 amide bonds. The minimum Gasteiger partial charge on any atom is -0.396 e. The van der Waals surface area contributed by atoms with Crippen LogP contribution in [0.2, 0.25) is 0 Å². The van der Waals surface area contributed by atoms with Gasteiger partial charge in [-0.1, -0.05) is 0 Å². The summed E-state index contributed by atoms with van der Waals surface area (Å²) in [6.07, 6.45) is 0. The van der Waals surface area contributed by atoms with Crippen LogP contribution in [0.15, 0.2) is 23.1 Å². The van der Waals surface area contributed by atoms with Gasteiger partial charge in [0, 0.05) is 25.6 Å². The maximum atomic E-state index is 13.2. The summed E-state index contributed by atoms with van der Waals surface area (Å²) in [5, 5.41) is 8.82. The van der Waals surface area contributed by atoms with Crippen molar-refractivity contribution in [3.63, 3.8) is 0 Å². The van der Waals surface area contributed by atoms with Crippen molar-refractivity contribution in [2.75, 3.05) is 25.4 Å². The Morgan fingerprint density at radius 3 is 2.65 bits per heavy atom. The van der Waals surface area contributed by atoms with Gasteiger partial charge in [0.1, 0.15) is 5.82 Å². The number of nitrogens with two attached hydrogens (primary N) is 1. The van der Waals surface area contributed by atoms with Crippen LogP contribution >= 0.6 is 0 Å². The van der Waals surface area contributed by atoms with Crippen LogP contribution in [-0.2, 0) is 10.0 Å². The van der Waals surface area contributed by atoms with Gasteiger partial charge in [0.2, 0.25) is 10.0 Å². The number of nitrogen functional groups attached to an aromatic ring is 1. The lowest BCUT2D eigenvalue weighted by Crippen LogP contribution is -2.51. The predicted molar refractivity (Wildman–Crippen MR) is 60.1 cm³/mol. The van der Waals surface area contributed by atoms with Gasteiger partial charge in [-0.15, -0.1) is 0 Å². The van der Waals surface area contributed by atoms with Gasteiger partial charge in [0.05, 0.1) is 10.6 Å². The molecule has 0 saturated carbocycles. The number of halogens is 1. The molecule has 1 aromatic rings. The number of benzene rings is 1. The molecule has 0 bridgehead atoms. The van der Waals surface area contributed by atoms with Gasteiger partial charge in [-0.05, 0) is 18.2 Å². The predicted octanol–water partition coefficient (Wildman–Crippen LogP) is 0.0207. The molecule has 94 valence electrons. The molecule has 0 aliphatic carbocycles. The molecular formula is C10H13FN2O3S. The molecule has 1 fully saturated rings. The molecule has 7 heteroatoms. The molecule has 2 rings (SSSR count). The van der Waals surface area contributed by atoms with Gasteiger partial charge in [0.25, 0.3) is 0 Å². The van der Waals surface area contributed by atoms with Crippen molar-refractivity contribution in [3.8, 4) is 0 Å². The number of hydrogen-bond donors (Lipinski definition) is 2. The van der Waals surface area contributed by atoms with Crippen LogP contribution in [0, 0.1) is 11.7 Å². The summed E-state index contributed by atoms with van der Waals surface area (Å²) in [6.45, 7) is 0.498. The van der Waals surface area contributed by atoms with Crippen molar-refractivity contribution in [3.05, 3.63) is 24.0 Å². The molecule has 0 unspecified atom stereocenters. The van der Waals surface area contributed by atoms with Gasteiger partial charge in [0.15, 0.2) is 0 Å². The van der Waals surface area contributed by atoms with Gasteiger partial charge in [-0.25, -0.2) is 12.8 Å². The zero-order valence-electron chi connectivity index (χ0n) is 9.01. The van der Waals surface area contributed by atoms with Gasteiger partial charge < -0.3 is 10.8 Å². The molecule has 17 heavy (non-hydrogen) atoms. The molecule has 1 saturated heterocycles. The van der Waals surface area contributed by atoms with Crippen LogP contribution in [-0.4, -0.2) is 37.5 Å². The number of rotatable bonds is 3. The highest BCUT2D eigenvalue weighted by atomic mass is 32.2. The SMILES string of the molecule is Nc1ccc(S(=O)(=O)N2CC(CO)C2)cc1F. The number of sulfonamides is 1. The molecule has 0 atom stereocenters. The molecule has 0 aromatic heterocycles. The van der Waals surface area contributed by atoms with Gasteiger partial charge in [-0.3, -0.25) is 0 Å². The van der Waals surface area contributed by atoms with E-state index in [9.17, 15) is 12.8 Å². The normalized spacial score (nSPS) is 18.0. The van der Waals surface area contributed by atoms with Crippen LogP contribution in [0.4, 0.5) is 10.1 Å². The average molecular weight is 260 g/mol. The quantitative estimate of drug-likeness (QED) is 0.750. The lowest BCUT2D eigenvalue weighted by Gasteiger charge is -2.36. The Balaban J connectivity index is 2.24. The first kappa shape index (κ1) is 12.3. The summed E-state index contributed by atoms with van der Waals surface area (Å²) in [7, 11) is -3.66. The van der Waals surface area contributed by atoms with Gasteiger partial charge in [-0.2, -0.15) is 4.31 Å². The first-order valence-corrected chi connectivity index (χ1v) is 6.55. The summed E-state index contributed by atoms with van der Waals surface area (Å²) >= 11 is 0. The van der Waals surface area contributed by atoms with Crippen molar-refractivity contribution < 1.29 is 17.9 Å². The summed E-state index contributed by atoms with van der Waals surface area (Å²) in [5.41, 5.74) is 5.20. The van der Waals surface area contributed by atoms with E-state index in [2.05, 4.69) is 0 Å². The first-order valence-electron chi connectivity index (χ1n) is 5.11. The highest BCUT2D eigenvalue weighted by Gasteiger charge is 2.36. The Morgan fingerprint density at radius 1 is 1.47 bits per heavy atom. The highest BCUT2D eigenvalue weighted by molar-refractivity contribution is 7.89. The molecule has 3 N–H and O–H groups in total. The number of aliphatic hydroxyl groups is 1. The van der Waals surface area contributed by atoms with Crippen molar-refractivity contribution in [2.45, 2.75) is 4.90 Å². The van der Waals surface area contributed by atoms with Crippen molar-refractivity contribution in [1.82, 2.24) is 4.31 Å². The Kier molecular flexibility index (Phi) is 3.07. The Morgan fingerprint density at radius 2 is 2.12 bits per heavy atom. The van der Waals surface area contributed by atoms with Crippen LogP contribution < -0.4 is 5.73 Å². The van der Waals surface area contributed by atoms with Crippen molar-refractivity contribution in [2.24, 2.45) is 5.92 Å². The van der Waals surface area contributed by atoms with E-state index in [1.165, 1.54) is 16.4 Å². The second-order valence-corrected chi connectivity index (χ2v) is 5.99. The minimum absolute atomic E-state index is 0.0246. The second-order valence-electron chi connectivity index (χ2n) is 4.05. The second kappa shape index (κ2) is 4.25. The molecule has 0 spiro atoms. The summed E-state index contributed by atoms with van der Waals surface area (Å²) < 4.78 is 38.3. The Labute approximate surface area is 98.7 Å². The van der Waals surface area contributed by atoms with Crippen LogP contribution in [0.25, 0.3) is 0 Å². The van der Waals surface area contributed by atoms with Gasteiger partial charge >= 0.3 is 0 Å². The molecule has 0 radical (unpaired) electrons.